The van der Waals surface area contributed by atoms with Gasteiger partial charge in [-0.15, -0.1) is 22.7 Å². The Balaban J connectivity index is 1.45. The van der Waals surface area contributed by atoms with Crippen molar-refractivity contribution in [2.75, 3.05) is 19.6 Å². The quantitative estimate of drug-likeness (QED) is 0.293. The van der Waals surface area contributed by atoms with Gasteiger partial charge in [-0.1, -0.05) is 44.2 Å². The number of aromatic nitrogens is 4. The van der Waals surface area contributed by atoms with Gasteiger partial charge >= 0.3 is 5.69 Å². The Hall–Kier alpha value is -4.76. The number of amides is 4. The fraction of sp³-hybridized carbons (Fsp3) is 0.355. The molecule has 3 N–H and O–H groups in total. The molecule has 0 aliphatic carbocycles. The van der Waals surface area contributed by atoms with Gasteiger partial charge in [0.25, 0.3) is 11.8 Å². The number of nitrogens with zero attached hydrogens (tertiary/aromatic N) is 5. The van der Waals surface area contributed by atoms with E-state index in [1.54, 1.807) is 16.8 Å². The number of hydrogen-bond acceptors (Lipinski definition) is 10. The van der Waals surface area contributed by atoms with Crippen LogP contribution in [0, 0.1) is 5.92 Å². The minimum absolute atomic E-state index is 0.0191. The summed E-state index contributed by atoms with van der Waals surface area (Å²) in [5, 5.41) is 13.3. The van der Waals surface area contributed by atoms with E-state index in [-0.39, 0.29) is 49.4 Å². The highest BCUT2D eigenvalue weighted by molar-refractivity contribution is 7.10. The van der Waals surface area contributed by atoms with Crippen LogP contribution in [0.5, 0.6) is 0 Å². The largest absolute Gasteiger partial charge is 0.351 e. The minimum Gasteiger partial charge on any atom is -0.351 e. The molecule has 4 amide bonds. The molecule has 0 fully saturated rings. The number of carbonyl (C=O) groups excluding carboxylic acids is 4. The first kappa shape index (κ1) is 32.6. The maximum atomic E-state index is 13.5. The monoisotopic (exact) mass is 662 g/mol. The van der Waals surface area contributed by atoms with Crippen molar-refractivity contribution in [3.63, 3.8) is 0 Å². The second-order valence-corrected chi connectivity index (χ2v) is 12.9. The molecule has 15 heteroatoms. The third-order valence-corrected chi connectivity index (χ3v) is 9.20. The summed E-state index contributed by atoms with van der Waals surface area (Å²) in [6, 6.07) is 10.1. The number of rotatable bonds is 5. The van der Waals surface area contributed by atoms with Crippen LogP contribution in [0.4, 0.5) is 0 Å². The third-order valence-electron chi connectivity index (χ3n) is 7.31. The van der Waals surface area contributed by atoms with Crippen LogP contribution < -0.4 is 21.6 Å². The fourth-order valence-corrected chi connectivity index (χ4v) is 6.76. The van der Waals surface area contributed by atoms with Crippen LogP contribution in [-0.4, -0.2) is 67.7 Å². The standard InChI is InChI=1S/C31H34N8O5S2/c1-19(2)26-30-36-22(17-46-30)27(42)32-10-6-12-38(25(41)16-39-13-7-11-33-31(39)44)15-24(40)34-21(14-20-8-4-3-5-9-20)29-35-23(18-45-29)28(43)37-26/h3-5,7-9,11,13,17-19,21,26H,6,10,12,14-16H2,1-2H3,(H,32,42)(H,34,40)(H,37,43)/t21-,26-/m0/s1. The van der Waals surface area contributed by atoms with Crippen LogP contribution in [0.2, 0.25) is 0 Å². The van der Waals surface area contributed by atoms with Crippen LogP contribution >= 0.6 is 22.7 Å². The Morgan fingerprint density at radius 3 is 2.41 bits per heavy atom. The molecule has 46 heavy (non-hydrogen) atoms. The second kappa shape index (κ2) is 15.0. The first-order valence-electron chi connectivity index (χ1n) is 14.8. The predicted molar refractivity (Wildman–Crippen MR) is 172 cm³/mol. The highest BCUT2D eigenvalue weighted by Gasteiger charge is 2.27. The molecule has 1 aliphatic heterocycles. The number of nitrogens with one attached hydrogen (secondary N) is 3. The zero-order valence-corrected chi connectivity index (χ0v) is 27.0. The molecule has 3 aromatic heterocycles. The minimum atomic E-state index is -0.584. The smallest absolute Gasteiger partial charge is 0.347 e. The maximum absolute atomic E-state index is 13.5. The van der Waals surface area contributed by atoms with Crippen molar-refractivity contribution in [1.82, 2.24) is 40.4 Å². The number of thiazole rings is 2. The maximum Gasteiger partial charge on any atom is 0.347 e. The summed E-state index contributed by atoms with van der Waals surface area (Å²) in [5.41, 5.74) is 0.787. The Kier molecular flexibility index (Phi) is 10.6. The Morgan fingerprint density at radius 1 is 0.957 bits per heavy atom. The molecule has 0 spiro atoms. The molecule has 13 nitrogen and oxygen atoms in total. The van der Waals surface area contributed by atoms with Gasteiger partial charge in [-0.25, -0.2) is 19.7 Å². The summed E-state index contributed by atoms with van der Waals surface area (Å²) in [4.78, 5) is 79.5. The van der Waals surface area contributed by atoms with Crippen molar-refractivity contribution in [1.29, 1.82) is 0 Å². The molecule has 0 saturated heterocycles. The van der Waals surface area contributed by atoms with Gasteiger partial charge in [0.15, 0.2) is 0 Å². The average molecular weight is 663 g/mol. The highest BCUT2D eigenvalue weighted by atomic mass is 32.1. The van der Waals surface area contributed by atoms with Crippen LogP contribution in [0.3, 0.4) is 0 Å². The first-order chi connectivity index (χ1) is 22.2. The molecule has 5 rings (SSSR count). The topological polar surface area (TPSA) is 168 Å². The molecule has 0 saturated carbocycles. The van der Waals surface area contributed by atoms with Crippen LogP contribution in [0.15, 0.2) is 64.3 Å². The lowest BCUT2D eigenvalue weighted by molar-refractivity contribution is -0.136. The molecule has 4 bridgehead atoms. The van der Waals surface area contributed by atoms with Gasteiger partial charge in [-0.05, 0) is 30.4 Å². The molecule has 0 unspecified atom stereocenters. The van der Waals surface area contributed by atoms with Crippen molar-refractivity contribution < 1.29 is 19.2 Å². The van der Waals surface area contributed by atoms with E-state index < -0.39 is 35.5 Å². The zero-order chi connectivity index (χ0) is 32.6. The van der Waals surface area contributed by atoms with Gasteiger partial charge in [0.05, 0.1) is 18.6 Å². The van der Waals surface area contributed by atoms with E-state index >= 15 is 0 Å². The molecular weight excluding hydrogens is 629 g/mol. The van der Waals surface area contributed by atoms with E-state index in [2.05, 4.69) is 30.9 Å². The van der Waals surface area contributed by atoms with Crippen molar-refractivity contribution in [2.45, 2.75) is 45.3 Å². The molecule has 1 aliphatic rings. The summed E-state index contributed by atoms with van der Waals surface area (Å²) in [7, 11) is 0. The predicted octanol–water partition coefficient (Wildman–Crippen LogP) is 2.35. The van der Waals surface area contributed by atoms with Crippen molar-refractivity contribution in [3.8, 4) is 0 Å². The van der Waals surface area contributed by atoms with Gasteiger partial charge in [-0.2, -0.15) is 0 Å². The van der Waals surface area contributed by atoms with E-state index in [0.29, 0.717) is 22.9 Å². The van der Waals surface area contributed by atoms with Gasteiger partial charge < -0.3 is 20.9 Å². The highest BCUT2D eigenvalue weighted by Crippen LogP contribution is 2.27. The molecule has 2 atom stereocenters. The number of carbonyl (C=O) groups is 4. The van der Waals surface area contributed by atoms with Crippen LogP contribution in [-0.2, 0) is 22.6 Å². The van der Waals surface area contributed by atoms with Crippen molar-refractivity contribution >= 4 is 46.3 Å². The molecule has 0 radical (unpaired) electrons. The normalized spacial score (nSPS) is 18.2. The Bertz CT molecular complexity index is 1750. The SMILES string of the molecule is CC(C)[C@@H]1NC(=O)c2csc(n2)[C@H](Cc2ccccc2)NC(=O)CN(C(=O)Cn2cccnc2=O)CCCNC(=O)c2csc1n2. The molecular formula is C31H34N8O5S2. The molecule has 4 aromatic rings. The number of hydrogen-bond donors (Lipinski definition) is 3. The molecule has 240 valence electrons. The van der Waals surface area contributed by atoms with Crippen molar-refractivity contribution in [3.05, 3.63) is 97.0 Å². The van der Waals surface area contributed by atoms with E-state index in [1.807, 2.05) is 44.2 Å². The van der Waals surface area contributed by atoms with Gasteiger partial charge in [-0.3, -0.25) is 23.7 Å². The summed E-state index contributed by atoms with van der Waals surface area (Å²) < 4.78 is 1.17. The van der Waals surface area contributed by atoms with E-state index in [4.69, 9.17) is 0 Å². The Labute approximate surface area is 273 Å². The Morgan fingerprint density at radius 2 is 1.67 bits per heavy atom. The lowest BCUT2D eigenvalue weighted by Crippen LogP contribution is -2.45. The summed E-state index contributed by atoms with van der Waals surface area (Å²) in [5.74, 6) is -1.70. The van der Waals surface area contributed by atoms with Crippen molar-refractivity contribution in [2.24, 2.45) is 5.92 Å². The molecule has 4 heterocycles. The zero-order valence-electron chi connectivity index (χ0n) is 25.3. The van der Waals surface area contributed by atoms with Gasteiger partial charge in [0.1, 0.15) is 27.9 Å². The average Bonchev–Trinajstić information content (AvgIpc) is 3.73. The van der Waals surface area contributed by atoms with E-state index in [0.717, 1.165) is 5.56 Å². The fourth-order valence-electron chi connectivity index (χ4n) is 4.89. The van der Waals surface area contributed by atoms with E-state index in [9.17, 15) is 24.0 Å². The lowest BCUT2D eigenvalue weighted by atomic mass is 10.0. The van der Waals surface area contributed by atoms with E-state index in [1.165, 1.54) is 44.5 Å². The van der Waals surface area contributed by atoms with Crippen LogP contribution in [0.25, 0.3) is 0 Å². The summed E-state index contributed by atoms with van der Waals surface area (Å²) in [6.45, 7) is 3.67. The van der Waals surface area contributed by atoms with Crippen LogP contribution in [0.1, 0.15) is 68.9 Å². The first-order valence-corrected chi connectivity index (χ1v) is 16.6. The second-order valence-electron chi connectivity index (χ2n) is 11.1. The molecule has 1 aromatic carbocycles. The van der Waals surface area contributed by atoms with Gasteiger partial charge in [0.2, 0.25) is 11.8 Å². The third kappa shape index (κ3) is 8.28. The summed E-state index contributed by atoms with van der Waals surface area (Å²) in [6.07, 6.45) is 3.55. The number of benzene rings is 1. The summed E-state index contributed by atoms with van der Waals surface area (Å²) >= 11 is 2.54. The number of fused-ring (bicyclic) bond motifs is 4. The lowest BCUT2D eigenvalue weighted by Gasteiger charge is -2.24. The van der Waals surface area contributed by atoms with Gasteiger partial charge in [0, 0.05) is 36.2 Å².